The van der Waals surface area contributed by atoms with Crippen molar-refractivity contribution in [1.82, 2.24) is 4.90 Å². The Morgan fingerprint density at radius 1 is 1.24 bits per heavy atom. The van der Waals surface area contributed by atoms with Gasteiger partial charge in [0.2, 0.25) is 0 Å². The summed E-state index contributed by atoms with van der Waals surface area (Å²) in [6.45, 7) is -0.0705. The van der Waals surface area contributed by atoms with E-state index in [9.17, 15) is 14.4 Å². The number of carbonyl (C=O) groups excluding carboxylic acids is 3. The Hall–Kier alpha value is -2.70. The third-order valence-corrected chi connectivity index (χ3v) is 2.42. The Bertz CT molecular complexity index is 566. The highest BCUT2D eigenvalue weighted by atomic mass is 16.5. The molecule has 21 heavy (non-hydrogen) atoms. The lowest BCUT2D eigenvalue weighted by atomic mass is 10.2. The van der Waals surface area contributed by atoms with Gasteiger partial charge in [0.25, 0.3) is 12.6 Å². The number of ether oxygens (including phenoxy) is 2. The Kier molecular flexibility index (Phi) is 6.06. The summed E-state index contributed by atoms with van der Waals surface area (Å²) in [7, 11) is 4.51. The number of amides is 1. The van der Waals surface area contributed by atoms with E-state index < -0.39 is 11.9 Å². The highest BCUT2D eigenvalue weighted by Gasteiger charge is 2.13. The first-order valence-electron chi connectivity index (χ1n) is 6.07. The number of rotatable bonds is 5. The molecule has 0 saturated carbocycles. The zero-order chi connectivity index (χ0) is 15.8. The summed E-state index contributed by atoms with van der Waals surface area (Å²) < 4.78 is 10.8. The zero-order valence-electron chi connectivity index (χ0n) is 12.1. The third-order valence-electron chi connectivity index (χ3n) is 2.42. The number of carbonyl (C=O) groups is 3. The Morgan fingerprint density at radius 2 is 1.90 bits per heavy atom. The van der Waals surface area contributed by atoms with E-state index in [4.69, 9.17) is 4.74 Å². The highest BCUT2D eigenvalue weighted by Crippen LogP contribution is 1.98. The van der Waals surface area contributed by atoms with Gasteiger partial charge in [-0.15, -0.1) is 0 Å². The van der Waals surface area contributed by atoms with Crippen LogP contribution in [0.4, 0.5) is 0 Å². The second-order valence-electron chi connectivity index (χ2n) is 4.26. The number of methoxy groups -OCH3 is 1. The lowest BCUT2D eigenvalue weighted by Gasteiger charge is -2.08. The van der Waals surface area contributed by atoms with Crippen LogP contribution in [0.25, 0.3) is 0 Å². The van der Waals surface area contributed by atoms with Crippen LogP contribution in [-0.2, 0) is 25.8 Å². The summed E-state index contributed by atoms with van der Waals surface area (Å²) in [6.07, 6.45) is 5.17. The van der Waals surface area contributed by atoms with E-state index >= 15 is 0 Å². The van der Waals surface area contributed by atoms with Gasteiger partial charge in [0, 0.05) is 32.3 Å². The molecular weight excluding hydrogens is 276 g/mol. The molecule has 0 spiro atoms. The summed E-state index contributed by atoms with van der Waals surface area (Å²) in [5, 5.41) is 0. The minimum Gasteiger partial charge on any atom is -0.466 e. The van der Waals surface area contributed by atoms with Crippen molar-refractivity contribution < 1.29 is 28.4 Å². The van der Waals surface area contributed by atoms with Gasteiger partial charge in [-0.3, -0.25) is 4.79 Å². The Balaban J connectivity index is 2.62. The van der Waals surface area contributed by atoms with Gasteiger partial charge in [-0.1, -0.05) is 0 Å². The van der Waals surface area contributed by atoms with E-state index in [1.165, 1.54) is 12.0 Å². The molecule has 0 saturated heterocycles. The summed E-state index contributed by atoms with van der Waals surface area (Å²) in [5.41, 5.74) is 0.476. The molecule has 1 rings (SSSR count). The van der Waals surface area contributed by atoms with Gasteiger partial charge in [-0.2, -0.15) is 4.57 Å². The van der Waals surface area contributed by atoms with Crippen LogP contribution in [0.5, 0.6) is 0 Å². The minimum absolute atomic E-state index is 0.0705. The first kappa shape index (κ1) is 16.4. The molecule has 0 bridgehead atoms. The van der Waals surface area contributed by atoms with Gasteiger partial charge in [0.1, 0.15) is 5.56 Å². The molecule has 0 N–H and O–H groups in total. The van der Waals surface area contributed by atoms with E-state index in [0.717, 1.165) is 12.2 Å². The van der Waals surface area contributed by atoms with Crippen LogP contribution < -0.4 is 4.57 Å². The smallest absolute Gasteiger partial charge is 0.335 e. The Labute approximate surface area is 122 Å². The molecule has 1 heterocycles. The molecule has 0 radical (unpaired) electrons. The third kappa shape index (κ3) is 5.43. The number of pyridine rings is 1. The second-order valence-corrected chi connectivity index (χ2v) is 4.26. The van der Waals surface area contributed by atoms with Gasteiger partial charge < -0.3 is 14.4 Å². The van der Waals surface area contributed by atoms with Crippen molar-refractivity contribution in [3.05, 3.63) is 42.2 Å². The lowest BCUT2D eigenvalue weighted by Crippen LogP contribution is -2.37. The van der Waals surface area contributed by atoms with Crippen LogP contribution in [-0.4, -0.2) is 44.0 Å². The maximum Gasteiger partial charge on any atom is 0.335 e. The average molecular weight is 293 g/mol. The predicted molar refractivity (Wildman–Crippen MR) is 71.9 cm³/mol. The maximum atomic E-state index is 11.8. The molecule has 112 valence electrons. The molecule has 7 nitrogen and oxygen atoms in total. The van der Waals surface area contributed by atoms with Gasteiger partial charge in [0.15, 0.2) is 12.4 Å². The topological polar surface area (TPSA) is 76.8 Å². The first-order valence-corrected chi connectivity index (χ1v) is 6.07. The lowest BCUT2D eigenvalue weighted by molar-refractivity contribution is -0.727. The number of nitrogens with zero attached hydrogens (tertiary/aromatic N) is 2. The SMILES string of the molecule is COC(=O)/C=C/C(=O)OC[n+]1cccc(C(=O)N(C)C)c1. The van der Waals surface area contributed by atoms with Crippen LogP contribution in [0, 0.1) is 0 Å². The molecule has 1 aromatic heterocycles. The fourth-order valence-corrected chi connectivity index (χ4v) is 1.38. The van der Waals surface area contributed by atoms with Gasteiger partial charge >= 0.3 is 11.9 Å². The van der Waals surface area contributed by atoms with Crippen LogP contribution in [0.3, 0.4) is 0 Å². The van der Waals surface area contributed by atoms with E-state index in [1.807, 2.05) is 0 Å². The number of hydrogen-bond donors (Lipinski definition) is 0. The average Bonchev–Trinajstić information content (AvgIpc) is 2.49. The van der Waals surface area contributed by atoms with Crippen molar-refractivity contribution >= 4 is 17.8 Å². The van der Waals surface area contributed by atoms with Crippen molar-refractivity contribution in [2.75, 3.05) is 21.2 Å². The van der Waals surface area contributed by atoms with Crippen LogP contribution in [0.1, 0.15) is 10.4 Å². The molecule has 1 aromatic rings. The van der Waals surface area contributed by atoms with E-state index in [0.29, 0.717) is 5.56 Å². The van der Waals surface area contributed by atoms with Crippen LogP contribution in [0.15, 0.2) is 36.7 Å². The van der Waals surface area contributed by atoms with Gasteiger partial charge in [-0.05, 0) is 6.07 Å². The molecule has 0 aromatic carbocycles. The minimum atomic E-state index is -0.683. The van der Waals surface area contributed by atoms with Crippen molar-refractivity contribution in [3.63, 3.8) is 0 Å². The number of esters is 2. The molecule has 1 amide bonds. The van der Waals surface area contributed by atoms with E-state index in [2.05, 4.69) is 4.74 Å². The largest absolute Gasteiger partial charge is 0.466 e. The molecule has 0 atom stereocenters. The summed E-state index contributed by atoms with van der Waals surface area (Å²) >= 11 is 0. The van der Waals surface area contributed by atoms with E-state index in [1.54, 1.807) is 43.2 Å². The fraction of sp³-hybridized carbons (Fsp3) is 0.286. The standard InChI is InChI=1S/C14H17N2O5/c1-15(2)14(19)11-5-4-8-16(9-11)10-21-13(18)7-6-12(17)20-3/h4-9H,10H2,1-3H3/q+1/b7-6+. The quantitative estimate of drug-likeness (QED) is 0.431. The summed E-state index contributed by atoms with van der Waals surface area (Å²) in [6, 6.07) is 3.34. The predicted octanol–water partition coefficient (Wildman–Crippen LogP) is -0.0942. The molecule has 0 aliphatic heterocycles. The fourth-order valence-electron chi connectivity index (χ4n) is 1.38. The molecular formula is C14H17N2O5+. The maximum absolute atomic E-state index is 11.8. The molecule has 0 aliphatic carbocycles. The highest BCUT2D eigenvalue weighted by molar-refractivity contribution is 5.93. The number of aromatic nitrogens is 1. The van der Waals surface area contributed by atoms with Gasteiger partial charge in [0.05, 0.1) is 7.11 Å². The van der Waals surface area contributed by atoms with Gasteiger partial charge in [-0.25, -0.2) is 9.59 Å². The number of hydrogen-bond acceptors (Lipinski definition) is 5. The first-order chi connectivity index (χ1) is 9.93. The molecule has 0 unspecified atom stereocenters. The van der Waals surface area contributed by atoms with Crippen molar-refractivity contribution in [2.45, 2.75) is 6.73 Å². The van der Waals surface area contributed by atoms with Crippen LogP contribution >= 0.6 is 0 Å². The zero-order valence-corrected chi connectivity index (χ0v) is 12.1. The molecule has 7 heteroatoms. The van der Waals surface area contributed by atoms with E-state index in [-0.39, 0.29) is 12.6 Å². The Morgan fingerprint density at radius 3 is 2.52 bits per heavy atom. The second kappa shape index (κ2) is 7.78. The van der Waals surface area contributed by atoms with Crippen molar-refractivity contribution in [3.8, 4) is 0 Å². The molecule has 0 fully saturated rings. The van der Waals surface area contributed by atoms with Crippen LogP contribution in [0.2, 0.25) is 0 Å². The summed E-state index contributed by atoms with van der Waals surface area (Å²) in [5.74, 6) is -1.48. The summed E-state index contributed by atoms with van der Waals surface area (Å²) in [4.78, 5) is 35.4. The van der Waals surface area contributed by atoms with Crippen molar-refractivity contribution in [2.24, 2.45) is 0 Å². The molecule has 0 aliphatic rings. The monoisotopic (exact) mass is 293 g/mol. The van der Waals surface area contributed by atoms with Crippen molar-refractivity contribution in [1.29, 1.82) is 0 Å². The normalized spacial score (nSPS) is 10.2.